The highest BCUT2D eigenvalue weighted by atomic mass is 32.1. The Morgan fingerprint density at radius 3 is 2.62 bits per heavy atom. The van der Waals surface area contributed by atoms with Crippen LogP contribution in [0.2, 0.25) is 0 Å². The van der Waals surface area contributed by atoms with Crippen LogP contribution in [0.5, 0.6) is 0 Å². The van der Waals surface area contributed by atoms with Gasteiger partial charge in [0.05, 0.1) is 6.54 Å². The standard InChI is InChI=1S/C24H31N3O4S/c1-16(26(5)23(30)31-24(2,3)4)21(28)25-19-13-12-17-9-6-7-11-20(17)27(22(19)29)15-18-10-8-14-32-18/h6-11,14,16,19H,12-13,15H2,1-5H3,(H,25,28)/t16-,19-/m0/s1. The van der Waals surface area contributed by atoms with E-state index in [0.29, 0.717) is 19.4 Å². The van der Waals surface area contributed by atoms with Crippen LogP contribution < -0.4 is 10.2 Å². The van der Waals surface area contributed by atoms with Crippen molar-refractivity contribution in [2.75, 3.05) is 11.9 Å². The van der Waals surface area contributed by atoms with Crippen LogP contribution in [0.1, 0.15) is 44.6 Å². The zero-order chi connectivity index (χ0) is 23.5. The van der Waals surface area contributed by atoms with Crippen molar-refractivity contribution in [3.05, 3.63) is 52.2 Å². The fourth-order valence-corrected chi connectivity index (χ4v) is 4.22. The molecule has 1 aromatic heterocycles. The SMILES string of the molecule is C[C@@H](C(=O)N[C@H]1CCc2ccccc2N(Cc2cccs2)C1=O)N(C)C(=O)OC(C)(C)C. The van der Waals surface area contributed by atoms with Crippen molar-refractivity contribution < 1.29 is 19.1 Å². The zero-order valence-corrected chi connectivity index (χ0v) is 20.1. The molecule has 7 nitrogen and oxygen atoms in total. The third-order valence-electron chi connectivity index (χ3n) is 5.40. The minimum Gasteiger partial charge on any atom is -0.444 e. The van der Waals surface area contributed by atoms with Crippen LogP contribution in [0.25, 0.3) is 0 Å². The molecule has 3 amide bonds. The average molecular weight is 458 g/mol. The van der Waals surface area contributed by atoms with Crippen LogP contribution in [0.15, 0.2) is 41.8 Å². The number of ether oxygens (including phenoxy) is 1. The molecule has 1 aliphatic rings. The molecule has 32 heavy (non-hydrogen) atoms. The minimum absolute atomic E-state index is 0.149. The molecule has 2 heterocycles. The normalized spacial score (nSPS) is 17.2. The maximum Gasteiger partial charge on any atom is 0.410 e. The van der Waals surface area contributed by atoms with Crippen molar-refractivity contribution in [1.29, 1.82) is 0 Å². The average Bonchev–Trinajstić information content (AvgIpc) is 3.21. The topological polar surface area (TPSA) is 79.0 Å². The van der Waals surface area contributed by atoms with Crippen molar-refractivity contribution in [3.63, 3.8) is 0 Å². The predicted molar refractivity (Wildman–Crippen MR) is 126 cm³/mol. The van der Waals surface area contributed by atoms with Crippen LogP contribution in [0.3, 0.4) is 0 Å². The van der Waals surface area contributed by atoms with Gasteiger partial charge in [0.25, 0.3) is 0 Å². The lowest BCUT2D eigenvalue weighted by Gasteiger charge is -2.30. The van der Waals surface area contributed by atoms with E-state index in [4.69, 9.17) is 4.74 Å². The second kappa shape index (κ2) is 9.73. The van der Waals surface area contributed by atoms with Gasteiger partial charge in [-0.3, -0.25) is 14.5 Å². The largest absolute Gasteiger partial charge is 0.444 e. The lowest BCUT2D eigenvalue weighted by Crippen LogP contribution is -2.54. The summed E-state index contributed by atoms with van der Waals surface area (Å²) in [5, 5.41) is 4.86. The number of rotatable bonds is 5. The van der Waals surface area contributed by atoms with Gasteiger partial charge >= 0.3 is 6.09 Å². The summed E-state index contributed by atoms with van der Waals surface area (Å²) in [5.41, 5.74) is 1.29. The van der Waals surface area contributed by atoms with Crippen LogP contribution >= 0.6 is 11.3 Å². The van der Waals surface area contributed by atoms with Crippen LogP contribution in [-0.4, -0.2) is 47.5 Å². The number of nitrogens with one attached hydrogen (secondary N) is 1. The molecular formula is C24H31N3O4S. The summed E-state index contributed by atoms with van der Waals surface area (Å²) in [6.45, 7) is 7.39. The smallest absolute Gasteiger partial charge is 0.410 e. The maximum absolute atomic E-state index is 13.5. The number of thiophene rings is 1. The van der Waals surface area contributed by atoms with E-state index in [0.717, 1.165) is 16.1 Å². The first kappa shape index (κ1) is 23.8. The molecule has 2 atom stereocenters. The summed E-state index contributed by atoms with van der Waals surface area (Å²) >= 11 is 1.59. The highest BCUT2D eigenvalue weighted by molar-refractivity contribution is 7.09. The van der Waals surface area contributed by atoms with Crippen LogP contribution in [0, 0.1) is 0 Å². The molecule has 3 rings (SSSR count). The van der Waals surface area contributed by atoms with Gasteiger partial charge < -0.3 is 15.0 Å². The number of carbonyl (C=O) groups is 3. The van der Waals surface area contributed by atoms with Crippen molar-refractivity contribution >= 4 is 34.9 Å². The molecule has 0 saturated carbocycles. The van der Waals surface area contributed by atoms with E-state index in [1.807, 2.05) is 41.8 Å². The zero-order valence-electron chi connectivity index (χ0n) is 19.3. The number of nitrogens with zero attached hydrogens (tertiary/aromatic N) is 2. The molecule has 1 aromatic carbocycles. The number of amides is 3. The lowest BCUT2D eigenvalue weighted by molar-refractivity contribution is -0.130. The molecule has 0 fully saturated rings. The molecule has 0 bridgehead atoms. The Balaban J connectivity index is 1.75. The number of fused-ring (bicyclic) bond motifs is 1. The van der Waals surface area contributed by atoms with E-state index in [9.17, 15) is 14.4 Å². The van der Waals surface area contributed by atoms with Crippen molar-refractivity contribution in [2.24, 2.45) is 0 Å². The second-order valence-electron chi connectivity index (χ2n) is 9.00. The number of hydrogen-bond donors (Lipinski definition) is 1. The fourth-order valence-electron chi connectivity index (χ4n) is 3.53. The highest BCUT2D eigenvalue weighted by Crippen LogP contribution is 2.29. The Hall–Kier alpha value is -2.87. The molecule has 8 heteroatoms. The fraction of sp³-hybridized carbons (Fsp3) is 0.458. The summed E-state index contributed by atoms with van der Waals surface area (Å²) in [7, 11) is 1.52. The van der Waals surface area contributed by atoms with E-state index in [2.05, 4.69) is 5.32 Å². The van der Waals surface area contributed by atoms with Gasteiger partial charge in [-0.05, 0) is 63.6 Å². The number of aryl methyl sites for hydroxylation is 1. The first-order valence-corrected chi connectivity index (χ1v) is 11.6. The van der Waals surface area contributed by atoms with Crippen LogP contribution in [-0.2, 0) is 27.3 Å². The molecule has 1 aliphatic heterocycles. The number of likely N-dealkylation sites (N-methyl/N-ethyl adjacent to an activating group) is 1. The van der Waals surface area contributed by atoms with Gasteiger partial charge in [0.15, 0.2) is 0 Å². The van der Waals surface area contributed by atoms with Gasteiger partial charge in [-0.25, -0.2) is 4.79 Å². The molecule has 0 unspecified atom stereocenters. The Morgan fingerprint density at radius 2 is 1.97 bits per heavy atom. The van der Waals surface area contributed by atoms with Gasteiger partial charge in [0, 0.05) is 17.6 Å². The van der Waals surface area contributed by atoms with E-state index in [-0.39, 0.29) is 5.91 Å². The van der Waals surface area contributed by atoms with Gasteiger partial charge in [0.2, 0.25) is 11.8 Å². The number of para-hydroxylation sites is 1. The number of anilines is 1. The van der Waals surface area contributed by atoms with E-state index in [1.165, 1.54) is 11.9 Å². The quantitative estimate of drug-likeness (QED) is 0.737. The van der Waals surface area contributed by atoms with Gasteiger partial charge in [-0.15, -0.1) is 11.3 Å². The molecular weight excluding hydrogens is 426 g/mol. The monoisotopic (exact) mass is 457 g/mol. The first-order chi connectivity index (χ1) is 15.1. The van der Waals surface area contributed by atoms with Gasteiger partial charge in [-0.1, -0.05) is 24.3 Å². The Labute approximate surface area is 193 Å². The molecule has 0 aliphatic carbocycles. The Kier molecular flexibility index (Phi) is 7.23. The number of carbonyl (C=O) groups excluding carboxylic acids is 3. The van der Waals surface area contributed by atoms with Crippen molar-refractivity contribution in [2.45, 2.75) is 64.8 Å². The summed E-state index contributed by atoms with van der Waals surface area (Å²) in [4.78, 5) is 42.9. The summed E-state index contributed by atoms with van der Waals surface area (Å²) in [6, 6.07) is 10.3. The molecule has 0 saturated heterocycles. The maximum atomic E-state index is 13.5. The summed E-state index contributed by atoms with van der Waals surface area (Å²) in [6.07, 6.45) is 0.578. The predicted octanol–water partition coefficient (Wildman–Crippen LogP) is 3.97. The van der Waals surface area contributed by atoms with Gasteiger partial charge in [-0.2, -0.15) is 0 Å². The molecule has 0 spiro atoms. The highest BCUT2D eigenvalue weighted by Gasteiger charge is 2.34. The number of benzene rings is 1. The third kappa shape index (κ3) is 5.68. The molecule has 172 valence electrons. The lowest BCUT2D eigenvalue weighted by atomic mass is 10.1. The Bertz CT molecular complexity index is 968. The van der Waals surface area contributed by atoms with E-state index in [1.54, 1.807) is 43.9 Å². The second-order valence-corrected chi connectivity index (χ2v) is 10.0. The molecule has 2 aromatic rings. The summed E-state index contributed by atoms with van der Waals surface area (Å²) < 4.78 is 5.35. The van der Waals surface area contributed by atoms with Crippen LogP contribution in [0.4, 0.5) is 10.5 Å². The minimum atomic E-state index is -0.783. The third-order valence-corrected chi connectivity index (χ3v) is 6.26. The summed E-state index contributed by atoms with van der Waals surface area (Å²) in [5.74, 6) is -0.539. The van der Waals surface area contributed by atoms with E-state index < -0.39 is 29.7 Å². The van der Waals surface area contributed by atoms with E-state index >= 15 is 0 Å². The molecule has 0 radical (unpaired) electrons. The Morgan fingerprint density at radius 1 is 1.25 bits per heavy atom. The van der Waals surface area contributed by atoms with Crippen molar-refractivity contribution in [1.82, 2.24) is 10.2 Å². The number of hydrogen-bond acceptors (Lipinski definition) is 5. The first-order valence-electron chi connectivity index (χ1n) is 10.7. The van der Waals surface area contributed by atoms with Crippen molar-refractivity contribution in [3.8, 4) is 0 Å². The van der Waals surface area contributed by atoms with Gasteiger partial charge in [0.1, 0.15) is 17.7 Å². The molecule has 1 N–H and O–H groups in total.